The molecule has 0 amide bonds. The van der Waals surface area contributed by atoms with Crippen LogP contribution < -0.4 is 0 Å². The van der Waals surface area contributed by atoms with Crippen molar-refractivity contribution in [1.82, 2.24) is 4.57 Å². The maximum absolute atomic E-state index is 11.8. The van der Waals surface area contributed by atoms with Crippen LogP contribution in [0.3, 0.4) is 0 Å². The molecule has 0 radical (unpaired) electrons. The number of hydrogen-bond acceptors (Lipinski definition) is 3. The summed E-state index contributed by atoms with van der Waals surface area (Å²) in [4.78, 5) is 13.0. The standard InChI is InChI=1S/C21H19NO2S/c1-14-10-11-19-18(13-14)22-12-6-9-17(22)20(24-15(2)23)21(25-19)16-7-4-3-5-8-16/h3-13,20-21H,1-2H3/t20-,21-/m1/s1. The van der Waals surface area contributed by atoms with Gasteiger partial charge in [-0.25, -0.2) is 0 Å². The number of aromatic nitrogens is 1. The fourth-order valence-corrected chi connectivity index (χ4v) is 4.61. The van der Waals surface area contributed by atoms with E-state index in [0.29, 0.717) is 0 Å². The lowest BCUT2D eigenvalue weighted by Crippen LogP contribution is -2.16. The van der Waals surface area contributed by atoms with Crippen molar-refractivity contribution in [2.75, 3.05) is 0 Å². The summed E-state index contributed by atoms with van der Waals surface area (Å²) in [5, 5.41) is 0.00251. The van der Waals surface area contributed by atoms with Gasteiger partial charge in [0.1, 0.15) is 0 Å². The molecule has 126 valence electrons. The first-order valence-electron chi connectivity index (χ1n) is 8.30. The lowest BCUT2D eigenvalue weighted by atomic mass is 10.0. The number of hydrogen-bond donors (Lipinski definition) is 0. The zero-order chi connectivity index (χ0) is 17.4. The van der Waals surface area contributed by atoms with Crippen LogP contribution in [0.15, 0.2) is 71.8 Å². The van der Waals surface area contributed by atoms with Crippen LogP contribution in [0.2, 0.25) is 0 Å². The van der Waals surface area contributed by atoms with E-state index in [1.54, 1.807) is 11.8 Å². The third-order valence-electron chi connectivity index (χ3n) is 4.40. The molecule has 2 aromatic carbocycles. The van der Waals surface area contributed by atoms with E-state index in [4.69, 9.17) is 4.74 Å². The average molecular weight is 349 g/mol. The first-order chi connectivity index (χ1) is 12.1. The van der Waals surface area contributed by atoms with Crippen molar-refractivity contribution in [3.8, 4) is 5.69 Å². The first-order valence-corrected chi connectivity index (χ1v) is 9.18. The molecule has 1 aliphatic heterocycles. The van der Waals surface area contributed by atoms with Crippen molar-refractivity contribution >= 4 is 17.7 Å². The lowest BCUT2D eigenvalue weighted by Gasteiger charge is -2.25. The van der Waals surface area contributed by atoms with Gasteiger partial charge in [-0.2, -0.15) is 0 Å². The van der Waals surface area contributed by atoms with Crippen LogP contribution in [0.5, 0.6) is 0 Å². The normalized spacial score (nSPS) is 18.8. The number of carbonyl (C=O) groups excluding carboxylic acids is 1. The number of thioether (sulfide) groups is 1. The van der Waals surface area contributed by atoms with Gasteiger partial charge in [0.2, 0.25) is 0 Å². The Morgan fingerprint density at radius 1 is 1.08 bits per heavy atom. The van der Waals surface area contributed by atoms with Crippen LogP contribution >= 0.6 is 11.8 Å². The minimum absolute atomic E-state index is 0.00251. The zero-order valence-corrected chi connectivity index (χ0v) is 15.0. The van der Waals surface area contributed by atoms with Crippen LogP contribution in [-0.2, 0) is 9.53 Å². The van der Waals surface area contributed by atoms with Crippen LogP contribution in [-0.4, -0.2) is 10.5 Å². The number of nitrogens with zero attached hydrogens (tertiary/aromatic N) is 1. The van der Waals surface area contributed by atoms with Gasteiger partial charge in [-0.05, 0) is 42.3 Å². The van der Waals surface area contributed by atoms with Crippen LogP contribution in [0.25, 0.3) is 5.69 Å². The van der Waals surface area contributed by atoms with E-state index in [-0.39, 0.29) is 17.3 Å². The zero-order valence-electron chi connectivity index (χ0n) is 14.2. The monoisotopic (exact) mass is 349 g/mol. The van der Waals surface area contributed by atoms with Crippen molar-refractivity contribution in [1.29, 1.82) is 0 Å². The Balaban J connectivity index is 1.92. The third kappa shape index (κ3) is 2.98. The van der Waals surface area contributed by atoms with Gasteiger partial charge < -0.3 is 9.30 Å². The molecule has 2 heterocycles. The Hall–Kier alpha value is -2.46. The highest BCUT2D eigenvalue weighted by Gasteiger charge is 2.34. The average Bonchev–Trinajstić information content (AvgIpc) is 3.05. The number of fused-ring (bicyclic) bond motifs is 3. The Labute approximate surface area is 151 Å². The summed E-state index contributed by atoms with van der Waals surface area (Å²) in [6.45, 7) is 3.57. The first kappa shape index (κ1) is 16.0. The molecule has 0 N–H and O–H groups in total. The van der Waals surface area contributed by atoms with Crippen LogP contribution in [0.4, 0.5) is 0 Å². The number of carbonyl (C=O) groups is 1. The van der Waals surface area contributed by atoms with Crippen molar-refractivity contribution in [2.45, 2.75) is 30.1 Å². The topological polar surface area (TPSA) is 31.2 Å². The van der Waals surface area contributed by atoms with Crippen molar-refractivity contribution < 1.29 is 9.53 Å². The van der Waals surface area contributed by atoms with E-state index in [1.807, 2.05) is 36.5 Å². The maximum Gasteiger partial charge on any atom is 0.303 e. The fraction of sp³-hybridized carbons (Fsp3) is 0.190. The van der Waals surface area contributed by atoms with Crippen LogP contribution in [0.1, 0.15) is 35.1 Å². The second-order valence-corrected chi connectivity index (χ2v) is 7.44. The van der Waals surface area contributed by atoms with Crippen molar-refractivity contribution in [3.63, 3.8) is 0 Å². The molecule has 25 heavy (non-hydrogen) atoms. The number of benzene rings is 2. The van der Waals surface area contributed by atoms with E-state index in [2.05, 4.69) is 41.8 Å². The molecule has 0 saturated heterocycles. The SMILES string of the molecule is CC(=O)O[C@@H]1c2cccn2-c2cc(C)ccc2S[C@@H]1c1ccccc1. The van der Waals surface area contributed by atoms with Gasteiger partial charge in [0.25, 0.3) is 0 Å². The number of aryl methyl sites for hydroxylation is 1. The molecule has 0 unspecified atom stereocenters. The number of ether oxygens (including phenoxy) is 1. The van der Waals surface area contributed by atoms with Gasteiger partial charge >= 0.3 is 5.97 Å². The Morgan fingerprint density at radius 3 is 2.64 bits per heavy atom. The number of esters is 1. The minimum atomic E-state index is -0.340. The highest BCUT2D eigenvalue weighted by atomic mass is 32.2. The molecule has 2 atom stereocenters. The summed E-state index contributed by atoms with van der Waals surface area (Å²) >= 11 is 1.75. The minimum Gasteiger partial charge on any atom is -0.455 e. The van der Waals surface area contributed by atoms with Gasteiger partial charge in [-0.15, -0.1) is 11.8 Å². The third-order valence-corrected chi connectivity index (χ3v) is 5.77. The molecule has 4 heteroatoms. The summed E-state index contributed by atoms with van der Waals surface area (Å²) < 4.78 is 7.95. The summed E-state index contributed by atoms with van der Waals surface area (Å²) in [6, 6.07) is 20.8. The molecule has 0 saturated carbocycles. The number of rotatable bonds is 2. The van der Waals surface area contributed by atoms with Crippen molar-refractivity contribution in [3.05, 3.63) is 83.7 Å². The molecule has 0 fully saturated rings. The molecular weight excluding hydrogens is 330 g/mol. The van der Waals surface area contributed by atoms with E-state index < -0.39 is 0 Å². The van der Waals surface area contributed by atoms with E-state index in [1.165, 1.54) is 17.4 Å². The van der Waals surface area contributed by atoms with Gasteiger partial charge in [-0.3, -0.25) is 4.79 Å². The van der Waals surface area contributed by atoms with Gasteiger partial charge in [0, 0.05) is 18.0 Å². The second kappa shape index (κ2) is 6.45. The smallest absolute Gasteiger partial charge is 0.303 e. The van der Waals surface area contributed by atoms with E-state index in [9.17, 15) is 4.79 Å². The predicted octanol–water partition coefficient (Wildman–Crippen LogP) is 5.24. The highest BCUT2D eigenvalue weighted by Crippen LogP contribution is 2.50. The van der Waals surface area contributed by atoms with Crippen molar-refractivity contribution in [2.24, 2.45) is 0 Å². The molecule has 1 aromatic heterocycles. The van der Waals surface area contributed by atoms with Crippen LogP contribution in [0, 0.1) is 6.92 Å². The Morgan fingerprint density at radius 2 is 1.88 bits per heavy atom. The predicted molar refractivity (Wildman–Crippen MR) is 100 cm³/mol. The largest absolute Gasteiger partial charge is 0.455 e. The summed E-state index contributed by atoms with van der Waals surface area (Å²) in [5.74, 6) is -0.263. The molecule has 0 aliphatic carbocycles. The highest BCUT2D eigenvalue weighted by molar-refractivity contribution is 7.99. The van der Waals surface area contributed by atoms with Gasteiger partial charge in [-0.1, -0.05) is 36.4 Å². The lowest BCUT2D eigenvalue weighted by molar-refractivity contribution is -0.147. The molecule has 4 rings (SSSR count). The molecule has 0 bridgehead atoms. The molecular formula is C21H19NO2S. The summed E-state index contributed by atoms with van der Waals surface area (Å²) in [7, 11) is 0. The van der Waals surface area contributed by atoms with E-state index in [0.717, 1.165) is 16.9 Å². The second-order valence-electron chi connectivity index (χ2n) is 6.25. The van der Waals surface area contributed by atoms with E-state index >= 15 is 0 Å². The van der Waals surface area contributed by atoms with Gasteiger partial charge in [0.15, 0.2) is 6.10 Å². The molecule has 1 aliphatic rings. The Kier molecular flexibility index (Phi) is 4.14. The molecule has 3 nitrogen and oxygen atoms in total. The van der Waals surface area contributed by atoms with Gasteiger partial charge in [0.05, 0.1) is 16.6 Å². The maximum atomic E-state index is 11.8. The Bertz CT molecular complexity index is 917. The quantitative estimate of drug-likeness (QED) is 0.593. The molecule has 0 spiro atoms. The molecule has 3 aromatic rings. The fourth-order valence-electron chi connectivity index (χ4n) is 3.30. The summed E-state index contributed by atoms with van der Waals surface area (Å²) in [6.07, 6.45) is 1.70. The summed E-state index contributed by atoms with van der Waals surface area (Å²) in [5.41, 5.74) is 4.50.